The number of piperazine rings is 1. The van der Waals surface area contributed by atoms with E-state index < -0.39 is 5.60 Å². The first-order valence-corrected chi connectivity index (χ1v) is 9.99. The van der Waals surface area contributed by atoms with Crippen LogP contribution in [0.25, 0.3) is 11.3 Å². The Labute approximate surface area is 173 Å². The van der Waals surface area contributed by atoms with Crippen molar-refractivity contribution in [1.82, 2.24) is 19.9 Å². The lowest BCUT2D eigenvalue weighted by molar-refractivity contribution is 0.0214. The second-order valence-corrected chi connectivity index (χ2v) is 8.95. The summed E-state index contributed by atoms with van der Waals surface area (Å²) in [6, 6.07) is 3.61. The normalized spacial score (nSPS) is 21.0. The van der Waals surface area contributed by atoms with Crippen LogP contribution < -0.4 is 10.5 Å². The molecule has 8 nitrogen and oxygen atoms in total. The molecule has 2 unspecified atom stereocenters. The van der Waals surface area contributed by atoms with E-state index in [1.165, 1.54) is 0 Å². The third kappa shape index (κ3) is 3.81. The van der Waals surface area contributed by atoms with Gasteiger partial charge in [-0.25, -0.2) is 14.8 Å². The van der Waals surface area contributed by atoms with Gasteiger partial charge < -0.3 is 14.5 Å². The number of amides is 1. The van der Waals surface area contributed by atoms with Crippen LogP contribution in [0.1, 0.15) is 32.8 Å². The van der Waals surface area contributed by atoms with Crippen LogP contribution in [-0.4, -0.2) is 56.7 Å². The topological polar surface area (TPSA) is 91.4 Å². The molecule has 2 aliphatic rings. The molecule has 2 aromatic heterocycles. The molecule has 154 valence electrons. The molecular formula is C20H24ClN5O3. The second kappa shape index (κ2) is 7.02. The highest BCUT2D eigenvalue weighted by Gasteiger charge is 2.47. The molecule has 29 heavy (non-hydrogen) atoms. The fraction of sp³-hybridized carbons (Fsp3) is 0.500. The standard InChI is InChI=1S/C20H24ClN5O3/c1-11-16(12-5-6-22-15(21)7-12)23-18(24-17(11)27)25-9-14-8-13(25)10-26(14)19(28)29-20(2,3)4/h5-7,13-14H,8-10H2,1-4H3,(H,23,24,27). The van der Waals surface area contributed by atoms with Gasteiger partial charge in [0.05, 0.1) is 17.8 Å². The summed E-state index contributed by atoms with van der Waals surface area (Å²) < 4.78 is 5.51. The molecule has 1 amide bonds. The first-order valence-electron chi connectivity index (χ1n) is 9.61. The summed E-state index contributed by atoms with van der Waals surface area (Å²) in [6.07, 6.45) is 2.13. The zero-order valence-corrected chi connectivity index (χ0v) is 17.7. The predicted octanol–water partition coefficient (Wildman–Crippen LogP) is 2.99. The van der Waals surface area contributed by atoms with Crippen molar-refractivity contribution < 1.29 is 9.53 Å². The average Bonchev–Trinajstić information content (AvgIpc) is 3.23. The summed E-state index contributed by atoms with van der Waals surface area (Å²) >= 11 is 6.01. The van der Waals surface area contributed by atoms with Gasteiger partial charge in [0, 0.05) is 30.4 Å². The average molecular weight is 418 g/mol. The number of fused-ring (bicyclic) bond motifs is 2. The van der Waals surface area contributed by atoms with Crippen molar-refractivity contribution in [1.29, 1.82) is 0 Å². The van der Waals surface area contributed by atoms with Crippen molar-refractivity contribution in [3.05, 3.63) is 39.4 Å². The first-order chi connectivity index (χ1) is 13.6. The van der Waals surface area contributed by atoms with Crippen molar-refractivity contribution in [2.45, 2.75) is 51.8 Å². The Kier molecular flexibility index (Phi) is 4.77. The Bertz CT molecular complexity index is 1020. The van der Waals surface area contributed by atoms with Crippen LogP contribution in [-0.2, 0) is 4.74 Å². The van der Waals surface area contributed by atoms with Crippen LogP contribution in [0.2, 0.25) is 5.15 Å². The minimum absolute atomic E-state index is 0.0419. The lowest BCUT2D eigenvalue weighted by atomic mass is 10.1. The molecule has 0 spiro atoms. The Morgan fingerprint density at radius 2 is 2.07 bits per heavy atom. The Hall–Kier alpha value is -2.61. The van der Waals surface area contributed by atoms with Crippen molar-refractivity contribution in [3.63, 3.8) is 0 Å². The minimum atomic E-state index is -0.525. The number of H-pyrrole nitrogens is 1. The van der Waals surface area contributed by atoms with Crippen molar-refractivity contribution in [3.8, 4) is 11.3 Å². The Morgan fingerprint density at radius 1 is 1.31 bits per heavy atom. The molecular weight excluding hydrogens is 394 g/mol. The summed E-state index contributed by atoms with van der Waals surface area (Å²) in [6.45, 7) is 8.47. The number of ether oxygens (including phenoxy) is 1. The highest BCUT2D eigenvalue weighted by atomic mass is 35.5. The largest absolute Gasteiger partial charge is 0.444 e. The number of rotatable bonds is 2. The van der Waals surface area contributed by atoms with E-state index in [9.17, 15) is 9.59 Å². The molecule has 4 rings (SSSR count). The van der Waals surface area contributed by atoms with E-state index in [-0.39, 0.29) is 23.7 Å². The zero-order chi connectivity index (χ0) is 20.9. The van der Waals surface area contributed by atoms with Crippen LogP contribution >= 0.6 is 11.6 Å². The van der Waals surface area contributed by atoms with E-state index in [2.05, 4.69) is 14.9 Å². The first kappa shape index (κ1) is 19.7. The molecule has 0 aliphatic carbocycles. The minimum Gasteiger partial charge on any atom is -0.444 e. The van der Waals surface area contributed by atoms with Crippen molar-refractivity contribution in [2.75, 3.05) is 18.0 Å². The van der Waals surface area contributed by atoms with E-state index in [0.29, 0.717) is 35.4 Å². The zero-order valence-electron chi connectivity index (χ0n) is 16.9. The maximum absolute atomic E-state index is 12.6. The maximum Gasteiger partial charge on any atom is 0.410 e. The van der Waals surface area contributed by atoms with Gasteiger partial charge in [0.2, 0.25) is 5.95 Å². The third-order valence-corrected chi connectivity index (χ3v) is 5.49. The maximum atomic E-state index is 12.6. The number of nitrogens with zero attached hydrogens (tertiary/aromatic N) is 4. The van der Waals surface area contributed by atoms with E-state index >= 15 is 0 Å². The van der Waals surface area contributed by atoms with Gasteiger partial charge in [-0.15, -0.1) is 0 Å². The van der Waals surface area contributed by atoms with Crippen LogP contribution in [0.3, 0.4) is 0 Å². The fourth-order valence-corrected chi connectivity index (χ4v) is 4.13. The number of pyridine rings is 1. The summed E-state index contributed by atoms with van der Waals surface area (Å²) in [4.78, 5) is 40.5. The predicted molar refractivity (Wildman–Crippen MR) is 110 cm³/mol. The molecule has 0 saturated carbocycles. The third-order valence-electron chi connectivity index (χ3n) is 5.28. The van der Waals surface area contributed by atoms with Gasteiger partial charge in [-0.2, -0.15) is 0 Å². The van der Waals surface area contributed by atoms with Gasteiger partial charge in [0.25, 0.3) is 5.56 Å². The number of hydrogen-bond acceptors (Lipinski definition) is 6. The van der Waals surface area contributed by atoms with Gasteiger partial charge in [-0.1, -0.05) is 11.6 Å². The molecule has 2 aromatic rings. The monoisotopic (exact) mass is 417 g/mol. The van der Waals surface area contributed by atoms with Crippen molar-refractivity contribution in [2.24, 2.45) is 0 Å². The van der Waals surface area contributed by atoms with Crippen molar-refractivity contribution >= 4 is 23.6 Å². The summed E-state index contributed by atoms with van der Waals surface area (Å²) in [7, 11) is 0. The highest BCUT2D eigenvalue weighted by Crippen LogP contribution is 2.34. The molecule has 2 aliphatic heterocycles. The van der Waals surface area contributed by atoms with Gasteiger partial charge in [-0.05, 0) is 46.2 Å². The van der Waals surface area contributed by atoms with E-state index in [4.69, 9.17) is 21.3 Å². The molecule has 2 atom stereocenters. The number of carbonyl (C=O) groups is 1. The molecule has 0 radical (unpaired) electrons. The second-order valence-electron chi connectivity index (χ2n) is 8.56. The van der Waals surface area contributed by atoms with Crippen LogP contribution in [0.5, 0.6) is 0 Å². The SMILES string of the molecule is Cc1c(-c2ccnc(Cl)c2)nc(N2CC3CC2CN3C(=O)OC(C)(C)C)[nH]c1=O. The van der Waals surface area contributed by atoms with Gasteiger partial charge in [0.1, 0.15) is 10.8 Å². The molecule has 2 fully saturated rings. The number of halogens is 1. The van der Waals surface area contributed by atoms with E-state index in [0.717, 1.165) is 12.0 Å². The molecule has 1 N–H and O–H groups in total. The molecule has 9 heteroatoms. The molecule has 2 saturated heterocycles. The van der Waals surface area contributed by atoms with Gasteiger partial charge in [-0.3, -0.25) is 9.78 Å². The Balaban J connectivity index is 1.59. The fourth-order valence-electron chi connectivity index (χ4n) is 3.96. The van der Waals surface area contributed by atoms with Gasteiger partial charge in [0.15, 0.2) is 0 Å². The molecule has 0 aromatic carbocycles. The number of anilines is 1. The number of likely N-dealkylation sites (tertiary alicyclic amines) is 1. The quantitative estimate of drug-likeness (QED) is 0.755. The van der Waals surface area contributed by atoms with Crippen LogP contribution in [0.15, 0.2) is 23.1 Å². The Morgan fingerprint density at radius 3 is 2.69 bits per heavy atom. The summed E-state index contributed by atoms with van der Waals surface area (Å²) in [5, 5.41) is 0.346. The van der Waals surface area contributed by atoms with Crippen LogP contribution in [0, 0.1) is 6.92 Å². The lowest BCUT2D eigenvalue weighted by Gasteiger charge is -2.35. The molecule has 2 bridgehead atoms. The van der Waals surface area contributed by atoms with E-state index in [1.54, 1.807) is 30.2 Å². The van der Waals surface area contributed by atoms with Gasteiger partial charge >= 0.3 is 6.09 Å². The smallest absolute Gasteiger partial charge is 0.410 e. The number of carbonyl (C=O) groups excluding carboxylic acids is 1. The number of aromatic nitrogens is 3. The molecule has 4 heterocycles. The highest BCUT2D eigenvalue weighted by molar-refractivity contribution is 6.29. The number of aromatic amines is 1. The lowest BCUT2D eigenvalue weighted by Crippen LogP contribution is -2.50. The number of nitrogens with one attached hydrogen (secondary N) is 1. The number of hydrogen-bond donors (Lipinski definition) is 1. The summed E-state index contributed by atoms with van der Waals surface area (Å²) in [5.41, 5.74) is 1.14. The van der Waals surface area contributed by atoms with Crippen LogP contribution in [0.4, 0.5) is 10.7 Å². The van der Waals surface area contributed by atoms with E-state index in [1.807, 2.05) is 20.8 Å². The summed E-state index contributed by atoms with van der Waals surface area (Å²) in [5.74, 6) is 0.514.